The number of unbranched alkanes of at least 4 members (excludes halogenated alkanes) is 14. The number of carboxylic acids is 1. The molecule has 0 bridgehead atoms. The summed E-state index contributed by atoms with van der Waals surface area (Å²) in [5.74, 6) is -0.938. The van der Waals surface area contributed by atoms with Crippen molar-refractivity contribution in [1.82, 2.24) is 5.32 Å². The molecular formula is C25H48N2O3. The molecule has 0 unspecified atom stereocenters. The van der Waals surface area contributed by atoms with Gasteiger partial charge in [0.15, 0.2) is 0 Å². The number of carbonyl (C=O) groups excluding carboxylic acids is 1. The number of carbonyl (C=O) groups is 2. The Bertz CT molecular complexity index is 438. The average Bonchev–Trinajstić information content (AvgIpc) is 2.72. The van der Waals surface area contributed by atoms with Gasteiger partial charge < -0.3 is 16.2 Å². The molecule has 0 aromatic heterocycles. The Kier molecular flexibility index (Phi) is 21.3. The van der Waals surface area contributed by atoms with Crippen LogP contribution in [0, 0.1) is 0 Å². The Hall–Kier alpha value is -1.36. The normalized spacial score (nSPS) is 12.3. The summed E-state index contributed by atoms with van der Waals surface area (Å²) >= 11 is 0. The molecule has 0 fully saturated rings. The van der Waals surface area contributed by atoms with E-state index in [4.69, 9.17) is 10.8 Å². The van der Waals surface area contributed by atoms with Crippen LogP contribution in [0.2, 0.25) is 0 Å². The van der Waals surface area contributed by atoms with Crippen LogP contribution in [0.15, 0.2) is 12.2 Å². The second-order valence-electron chi connectivity index (χ2n) is 8.50. The first-order valence-corrected chi connectivity index (χ1v) is 12.5. The van der Waals surface area contributed by atoms with E-state index in [0.29, 0.717) is 25.8 Å². The predicted molar refractivity (Wildman–Crippen MR) is 127 cm³/mol. The Balaban J connectivity index is 3.29. The number of hydrogen-bond donors (Lipinski definition) is 3. The molecule has 5 heteroatoms. The summed E-state index contributed by atoms with van der Waals surface area (Å²) in [7, 11) is 0. The molecule has 5 nitrogen and oxygen atoms in total. The Morgan fingerprint density at radius 2 is 1.33 bits per heavy atom. The zero-order valence-corrected chi connectivity index (χ0v) is 19.5. The number of nitrogens with one attached hydrogen (secondary N) is 1. The number of rotatable bonds is 22. The lowest BCUT2D eigenvalue weighted by molar-refractivity contribution is -0.138. The zero-order valence-electron chi connectivity index (χ0n) is 19.5. The molecule has 0 rings (SSSR count). The minimum atomic E-state index is -0.965. The predicted octanol–water partition coefficient (Wildman–Crippen LogP) is 6.11. The summed E-state index contributed by atoms with van der Waals surface area (Å²) in [6.07, 6.45) is 25.3. The van der Waals surface area contributed by atoms with Crippen molar-refractivity contribution < 1.29 is 14.7 Å². The standard InChI is InChI=1S/C25H48N2O3/c1-2-3-4-5-6-7-8-9-10-11-12-13-14-15-16-17-21-24(28)27-22-19-18-20-23(26)25(29)30/h16-17,23H,2-15,18-22,26H2,1H3,(H,27,28)(H,29,30)/b17-16+/t23-/m0/s1. The van der Waals surface area contributed by atoms with Gasteiger partial charge in [-0.25, -0.2) is 0 Å². The highest BCUT2D eigenvalue weighted by Gasteiger charge is 2.09. The first-order valence-electron chi connectivity index (χ1n) is 12.5. The van der Waals surface area contributed by atoms with Gasteiger partial charge in [-0.3, -0.25) is 9.59 Å². The maximum absolute atomic E-state index is 11.7. The summed E-state index contributed by atoms with van der Waals surface area (Å²) in [6.45, 7) is 2.85. The molecular weight excluding hydrogens is 376 g/mol. The van der Waals surface area contributed by atoms with Crippen LogP contribution in [0.4, 0.5) is 0 Å². The molecule has 0 heterocycles. The number of aliphatic carboxylic acids is 1. The van der Waals surface area contributed by atoms with E-state index >= 15 is 0 Å². The van der Waals surface area contributed by atoms with Crippen molar-refractivity contribution in [2.75, 3.05) is 6.54 Å². The molecule has 176 valence electrons. The van der Waals surface area contributed by atoms with Crippen LogP contribution in [0.1, 0.15) is 122 Å². The van der Waals surface area contributed by atoms with Crippen molar-refractivity contribution >= 4 is 11.9 Å². The number of hydrogen-bond acceptors (Lipinski definition) is 3. The van der Waals surface area contributed by atoms with Gasteiger partial charge in [-0.05, 0) is 32.1 Å². The molecule has 1 atom stereocenters. The summed E-state index contributed by atoms with van der Waals surface area (Å²) in [4.78, 5) is 22.3. The zero-order chi connectivity index (χ0) is 22.3. The van der Waals surface area contributed by atoms with Gasteiger partial charge in [0.25, 0.3) is 0 Å². The lowest BCUT2D eigenvalue weighted by Crippen LogP contribution is -2.30. The van der Waals surface area contributed by atoms with E-state index in [1.807, 2.05) is 6.08 Å². The van der Waals surface area contributed by atoms with Gasteiger partial charge in [-0.15, -0.1) is 0 Å². The van der Waals surface area contributed by atoms with E-state index in [1.54, 1.807) is 0 Å². The third-order valence-electron chi connectivity index (χ3n) is 5.53. The molecule has 30 heavy (non-hydrogen) atoms. The maximum Gasteiger partial charge on any atom is 0.320 e. The average molecular weight is 425 g/mol. The van der Waals surface area contributed by atoms with Crippen molar-refractivity contribution in [2.24, 2.45) is 5.73 Å². The van der Waals surface area contributed by atoms with Crippen LogP contribution in [-0.4, -0.2) is 29.6 Å². The molecule has 0 saturated heterocycles. The minimum absolute atomic E-state index is 0.0270. The second-order valence-corrected chi connectivity index (χ2v) is 8.50. The first-order chi connectivity index (χ1) is 14.6. The smallest absolute Gasteiger partial charge is 0.320 e. The van der Waals surface area contributed by atoms with Crippen LogP contribution in [-0.2, 0) is 9.59 Å². The van der Waals surface area contributed by atoms with Gasteiger partial charge in [0.05, 0.1) is 0 Å². The molecule has 0 saturated carbocycles. The van der Waals surface area contributed by atoms with Crippen molar-refractivity contribution in [3.63, 3.8) is 0 Å². The topological polar surface area (TPSA) is 92.4 Å². The number of nitrogens with two attached hydrogens (primary N) is 1. The highest BCUT2D eigenvalue weighted by Crippen LogP contribution is 2.13. The monoisotopic (exact) mass is 424 g/mol. The van der Waals surface area contributed by atoms with Crippen molar-refractivity contribution in [2.45, 2.75) is 129 Å². The molecule has 0 spiro atoms. The van der Waals surface area contributed by atoms with Gasteiger partial charge in [-0.2, -0.15) is 0 Å². The van der Waals surface area contributed by atoms with Crippen LogP contribution in [0.3, 0.4) is 0 Å². The number of carboxylic acid groups (broad SMARTS) is 1. The SMILES string of the molecule is CCCCCCCCCCCCCCC/C=C/CC(=O)NCCCC[C@H](N)C(=O)O. The lowest BCUT2D eigenvalue weighted by Gasteiger charge is -2.06. The van der Waals surface area contributed by atoms with Crippen molar-refractivity contribution in [3.8, 4) is 0 Å². The maximum atomic E-state index is 11.7. The van der Waals surface area contributed by atoms with Gasteiger partial charge >= 0.3 is 5.97 Å². The highest BCUT2D eigenvalue weighted by atomic mass is 16.4. The van der Waals surface area contributed by atoms with E-state index in [2.05, 4.69) is 18.3 Å². The molecule has 0 radical (unpaired) electrons. The van der Waals surface area contributed by atoms with Crippen molar-refractivity contribution in [3.05, 3.63) is 12.2 Å². The fraction of sp³-hybridized carbons (Fsp3) is 0.840. The molecule has 4 N–H and O–H groups in total. The summed E-state index contributed by atoms with van der Waals surface area (Å²) in [5, 5.41) is 11.6. The third kappa shape index (κ3) is 21.4. The van der Waals surface area contributed by atoms with Crippen LogP contribution < -0.4 is 11.1 Å². The van der Waals surface area contributed by atoms with Gasteiger partial charge in [0, 0.05) is 13.0 Å². The fourth-order valence-electron chi connectivity index (χ4n) is 3.50. The fourth-order valence-corrected chi connectivity index (χ4v) is 3.50. The number of allylic oxidation sites excluding steroid dienone is 1. The minimum Gasteiger partial charge on any atom is -0.480 e. The van der Waals surface area contributed by atoms with Gasteiger partial charge in [0.1, 0.15) is 6.04 Å². The van der Waals surface area contributed by atoms with Gasteiger partial charge in [-0.1, -0.05) is 96.1 Å². The van der Waals surface area contributed by atoms with E-state index in [-0.39, 0.29) is 5.91 Å². The summed E-state index contributed by atoms with van der Waals surface area (Å²) < 4.78 is 0. The molecule has 0 aromatic rings. The highest BCUT2D eigenvalue weighted by molar-refractivity contribution is 5.77. The Morgan fingerprint density at radius 3 is 1.87 bits per heavy atom. The van der Waals surface area contributed by atoms with Crippen LogP contribution >= 0.6 is 0 Å². The van der Waals surface area contributed by atoms with E-state index in [9.17, 15) is 9.59 Å². The second kappa shape index (κ2) is 22.3. The Labute approximate surface area is 185 Å². The third-order valence-corrected chi connectivity index (χ3v) is 5.53. The molecule has 0 aliphatic rings. The number of amides is 1. The summed E-state index contributed by atoms with van der Waals surface area (Å²) in [5.41, 5.74) is 5.44. The molecule has 0 aliphatic heterocycles. The van der Waals surface area contributed by atoms with E-state index < -0.39 is 12.0 Å². The molecule has 0 aliphatic carbocycles. The Morgan fingerprint density at radius 1 is 0.800 bits per heavy atom. The summed E-state index contributed by atoms with van der Waals surface area (Å²) in [6, 6.07) is -0.797. The van der Waals surface area contributed by atoms with Crippen LogP contribution in [0.25, 0.3) is 0 Å². The quantitative estimate of drug-likeness (QED) is 0.144. The van der Waals surface area contributed by atoms with Crippen LogP contribution in [0.5, 0.6) is 0 Å². The molecule has 0 aromatic carbocycles. The van der Waals surface area contributed by atoms with Gasteiger partial charge in [0.2, 0.25) is 5.91 Å². The van der Waals surface area contributed by atoms with Crippen molar-refractivity contribution in [1.29, 1.82) is 0 Å². The largest absolute Gasteiger partial charge is 0.480 e. The lowest BCUT2D eigenvalue weighted by atomic mass is 10.0. The van der Waals surface area contributed by atoms with E-state index in [1.165, 1.54) is 83.5 Å². The molecule has 1 amide bonds. The van der Waals surface area contributed by atoms with E-state index in [0.717, 1.165) is 12.8 Å². The first kappa shape index (κ1) is 28.6.